The maximum Gasteiger partial charge on any atom is 0.131 e. The molecule has 1 aromatic rings. The van der Waals surface area contributed by atoms with Crippen LogP contribution in [0.1, 0.15) is 32.1 Å². The molecule has 0 amide bonds. The van der Waals surface area contributed by atoms with E-state index in [4.69, 9.17) is 11.6 Å². The first-order valence-electron chi connectivity index (χ1n) is 5.80. The molecule has 1 fully saturated rings. The molecule has 0 aromatic carbocycles. The number of hydrogen-bond donors (Lipinski definition) is 1. The van der Waals surface area contributed by atoms with Crippen LogP contribution in [0.2, 0.25) is 5.15 Å². The zero-order valence-electron chi connectivity index (χ0n) is 9.18. The highest BCUT2D eigenvalue weighted by molar-refractivity contribution is 14.1. The van der Waals surface area contributed by atoms with Crippen LogP contribution in [-0.4, -0.2) is 11.5 Å². The van der Waals surface area contributed by atoms with Gasteiger partial charge in [-0.05, 0) is 47.4 Å². The van der Waals surface area contributed by atoms with E-state index in [0.717, 1.165) is 21.7 Å². The van der Waals surface area contributed by atoms with Crippen molar-refractivity contribution >= 4 is 39.9 Å². The third-order valence-corrected chi connectivity index (χ3v) is 4.19. The molecule has 1 N–H and O–H groups in total. The standard InChI is InChI=1S/C12H16ClIN2/c13-12-6-11(10(14)8-16-12)15-7-9-4-2-1-3-5-9/h6,8-9H,1-5,7H2,(H,15,16). The molecular formula is C12H16ClIN2. The second kappa shape index (κ2) is 6.05. The quantitative estimate of drug-likeness (QED) is 0.648. The first-order valence-corrected chi connectivity index (χ1v) is 7.26. The third-order valence-electron chi connectivity index (χ3n) is 3.13. The molecule has 16 heavy (non-hydrogen) atoms. The first kappa shape index (κ1) is 12.4. The average molecular weight is 351 g/mol. The molecule has 0 radical (unpaired) electrons. The molecule has 0 spiro atoms. The fraction of sp³-hybridized carbons (Fsp3) is 0.583. The molecular weight excluding hydrogens is 335 g/mol. The fourth-order valence-electron chi connectivity index (χ4n) is 2.19. The number of nitrogens with zero attached hydrogens (tertiary/aromatic N) is 1. The molecule has 1 aromatic heterocycles. The van der Waals surface area contributed by atoms with E-state index in [1.807, 2.05) is 12.3 Å². The lowest BCUT2D eigenvalue weighted by Crippen LogP contribution is -2.17. The number of halogens is 2. The summed E-state index contributed by atoms with van der Waals surface area (Å²) in [5, 5.41) is 4.05. The van der Waals surface area contributed by atoms with Crippen LogP contribution in [0.25, 0.3) is 0 Å². The van der Waals surface area contributed by atoms with Gasteiger partial charge in [0.15, 0.2) is 0 Å². The molecule has 2 rings (SSSR count). The maximum atomic E-state index is 5.88. The minimum absolute atomic E-state index is 0.562. The summed E-state index contributed by atoms with van der Waals surface area (Å²) in [5.41, 5.74) is 1.12. The van der Waals surface area contributed by atoms with E-state index in [0.29, 0.717) is 5.15 Å². The smallest absolute Gasteiger partial charge is 0.131 e. The molecule has 0 aliphatic heterocycles. The van der Waals surface area contributed by atoms with E-state index < -0.39 is 0 Å². The van der Waals surface area contributed by atoms with Crippen LogP contribution < -0.4 is 5.32 Å². The Kier molecular flexibility index (Phi) is 4.70. The summed E-state index contributed by atoms with van der Waals surface area (Å²) in [6.07, 6.45) is 8.73. The van der Waals surface area contributed by atoms with E-state index in [9.17, 15) is 0 Å². The molecule has 2 nitrogen and oxygen atoms in total. The van der Waals surface area contributed by atoms with Gasteiger partial charge in [0.05, 0.1) is 9.26 Å². The van der Waals surface area contributed by atoms with Crippen molar-refractivity contribution in [3.8, 4) is 0 Å². The highest BCUT2D eigenvalue weighted by Crippen LogP contribution is 2.25. The second-order valence-electron chi connectivity index (χ2n) is 4.37. The van der Waals surface area contributed by atoms with Gasteiger partial charge in [-0.3, -0.25) is 0 Å². The fourth-order valence-corrected chi connectivity index (χ4v) is 2.84. The van der Waals surface area contributed by atoms with Crippen molar-refractivity contribution in [1.82, 2.24) is 4.98 Å². The van der Waals surface area contributed by atoms with Crippen LogP contribution in [0.5, 0.6) is 0 Å². The molecule has 1 saturated carbocycles. The molecule has 1 aliphatic carbocycles. The lowest BCUT2D eigenvalue weighted by molar-refractivity contribution is 0.373. The highest BCUT2D eigenvalue weighted by atomic mass is 127. The van der Waals surface area contributed by atoms with Crippen molar-refractivity contribution < 1.29 is 0 Å². The number of anilines is 1. The van der Waals surface area contributed by atoms with Crippen LogP contribution in [0.3, 0.4) is 0 Å². The van der Waals surface area contributed by atoms with E-state index >= 15 is 0 Å². The van der Waals surface area contributed by atoms with Gasteiger partial charge in [0, 0.05) is 12.7 Å². The zero-order valence-corrected chi connectivity index (χ0v) is 12.1. The van der Waals surface area contributed by atoms with Gasteiger partial charge < -0.3 is 5.32 Å². The molecule has 4 heteroatoms. The van der Waals surface area contributed by atoms with Gasteiger partial charge in [-0.1, -0.05) is 30.9 Å². The van der Waals surface area contributed by atoms with E-state index in [1.54, 1.807) is 0 Å². The van der Waals surface area contributed by atoms with Crippen LogP contribution in [0, 0.1) is 9.49 Å². The summed E-state index contributed by atoms with van der Waals surface area (Å²) >= 11 is 8.17. The van der Waals surface area contributed by atoms with Gasteiger partial charge in [0.25, 0.3) is 0 Å². The van der Waals surface area contributed by atoms with Crippen LogP contribution in [0.15, 0.2) is 12.3 Å². The summed E-state index contributed by atoms with van der Waals surface area (Å²) in [7, 11) is 0. The van der Waals surface area contributed by atoms with Crippen LogP contribution in [0.4, 0.5) is 5.69 Å². The van der Waals surface area contributed by atoms with E-state index in [2.05, 4.69) is 32.9 Å². The van der Waals surface area contributed by atoms with Crippen molar-refractivity contribution in [3.05, 3.63) is 21.0 Å². The Bertz CT molecular complexity index is 351. The Morgan fingerprint density at radius 2 is 2.12 bits per heavy atom. The predicted octanol–water partition coefficient (Wildman–Crippen LogP) is 4.33. The monoisotopic (exact) mass is 350 g/mol. The molecule has 88 valence electrons. The number of rotatable bonds is 3. The molecule has 0 unspecified atom stereocenters. The summed E-state index contributed by atoms with van der Waals surface area (Å²) in [6.45, 7) is 1.07. The Hall–Kier alpha value is -0.0300. The van der Waals surface area contributed by atoms with Crippen molar-refractivity contribution in [2.75, 3.05) is 11.9 Å². The summed E-state index contributed by atoms with van der Waals surface area (Å²) < 4.78 is 1.14. The van der Waals surface area contributed by atoms with Crippen molar-refractivity contribution in [2.45, 2.75) is 32.1 Å². The maximum absolute atomic E-state index is 5.88. The largest absolute Gasteiger partial charge is 0.384 e. The van der Waals surface area contributed by atoms with Crippen LogP contribution in [-0.2, 0) is 0 Å². The van der Waals surface area contributed by atoms with Gasteiger partial charge in [-0.15, -0.1) is 0 Å². The summed E-state index contributed by atoms with van der Waals surface area (Å²) in [5.74, 6) is 0.830. The third kappa shape index (κ3) is 3.48. The first-order chi connectivity index (χ1) is 7.75. The molecule has 0 atom stereocenters. The van der Waals surface area contributed by atoms with Gasteiger partial charge in [-0.2, -0.15) is 0 Å². The van der Waals surface area contributed by atoms with Gasteiger partial charge in [-0.25, -0.2) is 4.98 Å². The van der Waals surface area contributed by atoms with Gasteiger partial charge in [0.2, 0.25) is 0 Å². The SMILES string of the molecule is Clc1cc(NCC2CCCCC2)c(I)cn1. The zero-order chi connectivity index (χ0) is 11.4. The number of hydrogen-bond acceptors (Lipinski definition) is 2. The Labute approximate surface area is 115 Å². The Morgan fingerprint density at radius 3 is 2.88 bits per heavy atom. The molecule has 1 heterocycles. The lowest BCUT2D eigenvalue weighted by Gasteiger charge is -2.22. The van der Waals surface area contributed by atoms with Crippen molar-refractivity contribution in [3.63, 3.8) is 0 Å². The topological polar surface area (TPSA) is 24.9 Å². The minimum Gasteiger partial charge on any atom is -0.384 e. The van der Waals surface area contributed by atoms with Crippen molar-refractivity contribution in [2.24, 2.45) is 5.92 Å². The molecule has 0 bridgehead atoms. The highest BCUT2D eigenvalue weighted by Gasteiger charge is 2.13. The van der Waals surface area contributed by atoms with E-state index in [1.165, 1.54) is 32.1 Å². The summed E-state index contributed by atoms with van der Waals surface area (Å²) in [6, 6.07) is 1.91. The van der Waals surface area contributed by atoms with Gasteiger partial charge >= 0.3 is 0 Å². The summed E-state index contributed by atoms with van der Waals surface area (Å²) in [4.78, 5) is 4.05. The second-order valence-corrected chi connectivity index (χ2v) is 5.92. The number of nitrogens with one attached hydrogen (secondary N) is 1. The number of pyridine rings is 1. The van der Waals surface area contributed by atoms with Gasteiger partial charge in [0.1, 0.15) is 5.15 Å². The predicted molar refractivity (Wildman–Crippen MR) is 77.0 cm³/mol. The number of aromatic nitrogens is 1. The minimum atomic E-state index is 0.562. The molecule has 0 saturated heterocycles. The average Bonchev–Trinajstić information content (AvgIpc) is 2.32. The normalized spacial score (nSPS) is 17.4. The van der Waals surface area contributed by atoms with E-state index in [-0.39, 0.29) is 0 Å². The Balaban J connectivity index is 1.90. The van der Waals surface area contributed by atoms with Crippen LogP contribution >= 0.6 is 34.2 Å². The molecule has 1 aliphatic rings. The Morgan fingerprint density at radius 1 is 1.38 bits per heavy atom. The lowest BCUT2D eigenvalue weighted by atomic mass is 9.89. The van der Waals surface area contributed by atoms with Crippen molar-refractivity contribution in [1.29, 1.82) is 0 Å².